The van der Waals surface area contributed by atoms with Gasteiger partial charge >= 0.3 is 0 Å². The van der Waals surface area contributed by atoms with Crippen molar-refractivity contribution in [2.24, 2.45) is 0 Å². The first-order valence-electron chi connectivity index (χ1n) is 10.7. The summed E-state index contributed by atoms with van der Waals surface area (Å²) in [7, 11) is 0. The van der Waals surface area contributed by atoms with Gasteiger partial charge in [0.25, 0.3) is 0 Å². The number of halogens is 1. The van der Waals surface area contributed by atoms with Crippen LogP contribution in [0, 0.1) is 0 Å². The zero-order valence-corrected chi connectivity index (χ0v) is 18.1. The van der Waals surface area contributed by atoms with Crippen LogP contribution in [0.2, 0.25) is 5.15 Å². The van der Waals surface area contributed by atoms with E-state index in [4.69, 9.17) is 25.8 Å². The van der Waals surface area contributed by atoms with Crippen LogP contribution < -0.4 is 0 Å². The number of aliphatic hydroxyl groups excluding tert-OH is 1. The van der Waals surface area contributed by atoms with Gasteiger partial charge in [0.2, 0.25) is 0 Å². The van der Waals surface area contributed by atoms with Crippen LogP contribution in [-0.4, -0.2) is 50.3 Å². The number of aromatic nitrogens is 3. The molecule has 5 atom stereocenters. The Kier molecular flexibility index (Phi) is 4.43. The lowest BCUT2D eigenvalue weighted by molar-refractivity contribution is -0.199. The summed E-state index contributed by atoms with van der Waals surface area (Å²) in [6.45, 7) is 3.78. The molecule has 4 heterocycles. The Labute approximate surface area is 184 Å². The summed E-state index contributed by atoms with van der Waals surface area (Å²) < 4.78 is 21.1. The van der Waals surface area contributed by atoms with Crippen molar-refractivity contribution in [3.05, 3.63) is 58.6 Å². The van der Waals surface area contributed by atoms with Gasteiger partial charge in [-0.05, 0) is 49.4 Å². The summed E-state index contributed by atoms with van der Waals surface area (Å²) in [5, 5.41) is 11.5. The molecule has 31 heavy (non-hydrogen) atoms. The highest BCUT2D eigenvalue weighted by Gasteiger charge is 2.58. The maximum atomic E-state index is 10.4. The molecular weight excluding hydrogens is 418 g/mol. The summed E-state index contributed by atoms with van der Waals surface area (Å²) in [5.41, 5.74) is 4.50. The van der Waals surface area contributed by atoms with E-state index in [9.17, 15) is 5.11 Å². The third-order valence-electron chi connectivity index (χ3n) is 6.72. The van der Waals surface area contributed by atoms with E-state index >= 15 is 0 Å². The van der Waals surface area contributed by atoms with Gasteiger partial charge in [-0.3, -0.25) is 0 Å². The third-order valence-corrected chi connectivity index (χ3v) is 7.02. The number of nitrogens with zero attached hydrogens (tertiary/aromatic N) is 3. The molecular formula is C23H24ClN3O4. The molecule has 0 amide bonds. The molecule has 0 radical (unpaired) electrons. The lowest BCUT2D eigenvalue weighted by Gasteiger charge is -2.30. The summed E-state index contributed by atoms with van der Waals surface area (Å²) in [5.74, 6) is -0.966. The van der Waals surface area contributed by atoms with Crippen molar-refractivity contribution in [2.45, 2.75) is 62.9 Å². The van der Waals surface area contributed by atoms with Crippen LogP contribution in [0.1, 0.15) is 42.7 Å². The molecule has 162 valence electrons. The lowest BCUT2D eigenvalue weighted by Crippen LogP contribution is -2.36. The van der Waals surface area contributed by atoms with Crippen molar-refractivity contribution < 1.29 is 19.3 Å². The minimum atomic E-state index is -0.744. The highest BCUT2D eigenvalue weighted by atomic mass is 35.5. The summed E-state index contributed by atoms with van der Waals surface area (Å²) in [6.07, 6.45) is 4.06. The number of hydrogen-bond donors (Lipinski definition) is 1. The van der Waals surface area contributed by atoms with E-state index in [2.05, 4.69) is 28.2 Å². The van der Waals surface area contributed by atoms with E-state index < -0.39 is 12.0 Å². The van der Waals surface area contributed by atoms with Crippen LogP contribution in [0.15, 0.2) is 36.8 Å². The fraction of sp³-hybridized carbons (Fsp3) is 0.478. The van der Waals surface area contributed by atoms with Gasteiger partial charge in [0.15, 0.2) is 12.0 Å². The highest BCUT2D eigenvalue weighted by molar-refractivity contribution is 6.33. The maximum Gasteiger partial charge on any atom is 0.164 e. The molecule has 3 aromatic rings. The SMILES string of the molecule is CC1(C)O[C@@H]2[C@H](O1)[C@H](C(CO)c1ccc3c(c1)CC3)O[C@H]2n1ccc2c(Cl)ncnc21. The van der Waals surface area contributed by atoms with Gasteiger partial charge in [0.05, 0.1) is 18.1 Å². The molecule has 0 spiro atoms. The Morgan fingerprint density at radius 3 is 2.71 bits per heavy atom. The molecule has 8 heteroatoms. The second-order valence-electron chi connectivity index (χ2n) is 9.00. The molecule has 1 aliphatic carbocycles. The molecule has 1 N–H and O–H groups in total. The van der Waals surface area contributed by atoms with Crippen LogP contribution in [-0.2, 0) is 27.1 Å². The first-order valence-corrected chi connectivity index (χ1v) is 11.0. The molecule has 6 rings (SSSR count). The highest BCUT2D eigenvalue weighted by Crippen LogP contribution is 2.48. The summed E-state index contributed by atoms with van der Waals surface area (Å²) in [4.78, 5) is 8.48. The monoisotopic (exact) mass is 441 g/mol. The van der Waals surface area contributed by atoms with E-state index in [1.165, 1.54) is 17.5 Å². The first kappa shape index (κ1) is 19.6. The van der Waals surface area contributed by atoms with Crippen molar-refractivity contribution in [3.8, 4) is 0 Å². The van der Waals surface area contributed by atoms with Crippen LogP contribution in [0.5, 0.6) is 0 Å². The van der Waals surface area contributed by atoms with E-state index in [0.29, 0.717) is 10.8 Å². The molecule has 0 bridgehead atoms. The molecule has 2 aliphatic heterocycles. The average Bonchev–Trinajstić information content (AvgIpc) is 3.36. The van der Waals surface area contributed by atoms with E-state index in [1.54, 1.807) is 0 Å². The second kappa shape index (κ2) is 6.98. The van der Waals surface area contributed by atoms with Gasteiger partial charge < -0.3 is 23.9 Å². The second-order valence-corrected chi connectivity index (χ2v) is 9.36. The van der Waals surface area contributed by atoms with E-state index in [0.717, 1.165) is 23.8 Å². The standard InChI is InChI=1S/C23H24ClN3O4/c1-23(2)30-18-17(16(10-28)14-6-4-12-3-5-13(12)9-14)29-22(19(18)31-23)27-8-7-15-20(24)25-11-26-21(15)27/h4,6-9,11,16-19,22,28H,3,5,10H2,1-2H3/t16?,17-,18+,19+,22+/m0/s1. The van der Waals surface area contributed by atoms with Crippen LogP contribution in [0.3, 0.4) is 0 Å². The van der Waals surface area contributed by atoms with Crippen molar-refractivity contribution in [1.29, 1.82) is 0 Å². The average molecular weight is 442 g/mol. The van der Waals surface area contributed by atoms with Crippen molar-refractivity contribution >= 4 is 22.6 Å². The largest absolute Gasteiger partial charge is 0.396 e. The normalized spacial score (nSPS) is 29.5. The van der Waals surface area contributed by atoms with Crippen molar-refractivity contribution in [1.82, 2.24) is 14.5 Å². The Hall–Kier alpha value is -2.03. The minimum Gasteiger partial charge on any atom is -0.396 e. The zero-order chi connectivity index (χ0) is 21.3. The smallest absolute Gasteiger partial charge is 0.164 e. The van der Waals surface area contributed by atoms with Crippen molar-refractivity contribution in [2.75, 3.05) is 6.61 Å². The molecule has 1 unspecified atom stereocenters. The van der Waals surface area contributed by atoms with Gasteiger partial charge in [0, 0.05) is 12.1 Å². The Balaban J connectivity index is 1.40. The Bertz CT molecular complexity index is 1160. The Morgan fingerprint density at radius 1 is 1.16 bits per heavy atom. The van der Waals surface area contributed by atoms with Crippen LogP contribution in [0.4, 0.5) is 0 Å². The predicted molar refractivity (Wildman–Crippen MR) is 114 cm³/mol. The summed E-state index contributed by atoms with van der Waals surface area (Å²) in [6, 6.07) is 8.34. The summed E-state index contributed by atoms with van der Waals surface area (Å²) >= 11 is 6.25. The molecule has 1 aromatic carbocycles. The quantitative estimate of drug-likeness (QED) is 0.625. The number of hydrogen-bond acceptors (Lipinski definition) is 6. The van der Waals surface area contributed by atoms with Gasteiger partial charge in [-0.2, -0.15) is 0 Å². The fourth-order valence-electron chi connectivity index (χ4n) is 5.15. The van der Waals surface area contributed by atoms with E-state index in [1.807, 2.05) is 30.7 Å². The van der Waals surface area contributed by atoms with Gasteiger partial charge in [-0.15, -0.1) is 0 Å². The number of benzene rings is 1. The molecule has 2 aromatic heterocycles. The number of ether oxygens (including phenoxy) is 3. The number of rotatable bonds is 4. The van der Waals surface area contributed by atoms with E-state index in [-0.39, 0.29) is 30.8 Å². The van der Waals surface area contributed by atoms with Gasteiger partial charge in [0.1, 0.15) is 29.3 Å². The van der Waals surface area contributed by atoms with Gasteiger partial charge in [-0.1, -0.05) is 29.8 Å². The number of aryl methyl sites for hydroxylation is 2. The number of aliphatic hydroxyl groups is 1. The molecule has 3 aliphatic rings. The lowest BCUT2D eigenvalue weighted by atomic mass is 9.82. The topological polar surface area (TPSA) is 78.6 Å². The van der Waals surface area contributed by atoms with Crippen molar-refractivity contribution in [3.63, 3.8) is 0 Å². The molecule has 2 fully saturated rings. The maximum absolute atomic E-state index is 10.4. The number of fused-ring (bicyclic) bond motifs is 3. The van der Waals surface area contributed by atoms with Gasteiger partial charge in [-0.25, -0.2) is 9.97 Å². The molecule has 2 saturated heterocycles. The third kappa shape index (κ3) is 3.02. The zero-order valence-electron chi connectivity index (χ0n) is 17.4. The van der Waals surface area contributed by atoms with Crippen LogP contribution in [0.25, 0.3) is 11.0 Å². The molecule has 0 saturated carbocycles. The predicted octanol–water partition coefficient (Wildman–Crippen LogP) is 3.38. The minimum absolute atomic E-state index is 0.0381. The fourth-order valence-corrected chi connectivity index (χ4v) is 5.34. The van der Waals surface area contributed by atoms with Crippen LogP contribution >= 0.6 is 11.6 Å². The Morgan fingerprint density at radius 2 is 1.97 bits per heavy atom. The first-order chi connectivity index (χ1) is 14.9. The molecule has 7 nitrogen and oxygen atoms in total.